The lowest BCUT2D eigenvalue weighted by molar-refractivity contribution is -0.141. The van der Waals surface area contributed by atoms with E-state index in [9.17, 15) is 13.2 Å². The highest BCUT2D eigenvalue weighted by atomic mass is 32.1. The molecule has 0 unspecified atom stereocenters. The van der Waals surface area contributed by atoms with Gasteiger partial charge in [0, 0.05) is 13.1 Å². The Hall–Kier alpha value is -1.63. The second-order valence-corrected chi connectivity index (χ2v) is 6.53. The van der Waals surface area contributed by atoms with Crippen LogP contribution in [0, 0.1) is 5.92 Å². The van der Waals surface area contributed by atoms with Gasteiger partial charge in [-0.05, 0) is 36.3 Å². The second kappa shape index (κ2) is 5.87. The Labute approximate surface area is 130 Å². The fourth-order valence-corrected chi connectivity index (χ4v) is 3.17. The molecular weight excluding hydrogens is 311 g/mol. The lowest BCUT2D eigenvalue weighted by Crippen LogP contribution is -2.34. The zero-order valence-electron chi connectivity index (χ0n) is 12.1. The average Bonchev–Trinajstić information content (AvgIpc) is 3.01. The number of aromatic nitrogens is 2. The summed E-state index contributed by atoms with van der Waals surface area (Å²) in [4.78, 5) is 10.7. The Morgan fingerprint density at radius 3 is 2.55 bits per heavy atom. The molecule has 0 aromatic carbocycles. The normalized spacial score (nSPS) is 17.0. The highest BCUT2D eigenvalue weighted by molar-refractivity contribution is 7.13. The van der Waals surface area contributed by atoms with Crippen LogP contribution in [-0.2, 0) is 6.18 Å². The van der Waals surface area contributed by atoms with Crippen LogP contribution in [0.25, 0.3) is 10.6 Å². The van der Waals surface area contributed by atoms with Gasteiger partial charge in [0.1, 0.15) is 0 Å². The summed E-state index contributed by atoms with van der Waals surface area (Å²) in [5.41, 5.74) is -0.537. The number of alkyl halides is 3. The van der Waals surface area contributed by atoms with Crippen LogP contribution in [-0.4, -0.2) is 23.1 Å². The Morgan fingerprint density at radius 2 is 1.95 bits per heavy atom. The van der Waals surface area contributed by atoms with Crippen LogP contribution in [0.15, 0.2) is 23.6 Å². The smallest absolute Gasteiger partial charge is 0.341 e. The van der Waals surface area contributed by atoms with Gasteiger partial charge in [0.25, 0.3) is 0 Å². The van der Waals surface area contributed by atoms with Crippen molar-refractivity contribution in [2.75, 3.05) is 18.0 Å². The van der Waals surface area contributed by atoms with Crippen LogP contribution in [0.5, 0.6) is 0 Å². The van der Waals surface area contributed by atoms with E-state index in [1.807, 2.05) is 10.3 Å². The van der Waals surface area contributed by atoms with Crippen molar-refractivity contribution in [2.45, 2.75) is 25.9 Å². The molecule has 0 bridgehead atoms. The van der Waals surface area contributed by atoms with E-state index in [1.165, 1.54) is 11.3 Å². The topological polar surface area (TPSA) is 29.0 Å². The molecule has 7 heteroatoms. The maximum Gasteiger partial charge on any atom is 0.433 e. The standard InChI is InChI=1S/C15H16F3N3S/c1-10-4-6-21(7-5-10)14-19-11(12-3-2-8-22-12)9-13(20-14)15(16,17)18/h2-3,8-10H,4-7H2,1H3. The highest BCUT2D eigenvalue weighted by Crippen LogP contribution is 2.33. The first kappa shape index (κ1) is 15.3. The molecule has 1 fully saturated rings. The van der Waals surface area contributed by atoms with E-state index < -0.39 is 11.9 Å². The molecule has 0 amide bonds. The molecule has 2 aromatic heterocycles. The largest absolute Gasteiger partial charge is 0.433 e. The van der Waals surface area contributed by atoms with Gasteiger partial charge in [-0.3, -0.25) is 0 Å². The van der Waals surface area contributed by atoms with Gasteiger partial charge >= 0.3 is 6.18 Å². The summed E-state index contributed by atoms with van der Waals surface area (Å²) in [5.74, 6) is 0.781. The van der Waals surface area contributed by atoms with Crippen LogP contribution < -0.4 is 4.90 Å². The summed E-state index contributed by atoms with van der Waals surface area (Å²) in [6.07, 6.45) is -2.56. The monoisotopic (exact) mass is 327 g/mol. The number of piperidine rings is 1. The zero-order valence-corrected chi connectivity index (χ0v) is 12.9. The molecule has 0 aliphatic carbocycles. The maximum absolute atomic E-state index is 13.1. The van der Waals surface area contributed by atoms with Gasteiger partial charge in [-0.25, -0.2) is 9.97 Å². The second-order valence-electron chi connectivity index (χ2n) is 5.58. The van der Waals surface area contributed by atoms with Crippen molar-refractivity contribution in [3.63, 3.8) is 0 Å². The van der Waals surface area contributed by atoms with Crippen LogP contribution in [0.1, 0.15) is 25.5 Å². The van der Waals surface area contributed by atoms with Crippen molar-refractivity contribution in [1.82, 2.24) is 9.97 Å². The van der Waals surface area contributed by atoms with E-state index in [2.05, 4.69) is 16.9 Å². The lowest BCUT2D eigenvalue weighted by atomic mass is 10.00. The van der Waals surface area contributed by atoms with E-state index in [4.69, 9.17) is 0 Å². The van der Waals surface area contributed by atoms with Gasteiger partial charge in [-0.2, -0.15) is 13.2 Å². The molecule has 3 nitrogen and oxygen atoms in total. The van der Waals surface area contributed by atoms with Crippen molar-refractivity contribution >= 4 is 17.3 Å². The number of thiophene rings is 1. The van der Waals surface area contributed by atoms with Crippen LogP contribution in [0.2, 0.25) is 0 Å². The van der Waals surface area contributed by atoms with E-state index in [0.29, 0.717) is 24.7 Å². The van der Waals surface area contributed by atoms with E-state index >= 15 is 0 Å². The summed E-state index contributed by atoms with van der Waals surface area (Å²) in [5, 5.41) is 1.83. The number of hydrogen-bond donors (Lipinski definition) is 0. The number of nitrogens with zero attached hydrogens (tertiary/aromatic N) is 3. The van der Waals surface area contributed by atoms with Crippen LogP contribution in [0.3, 0.4) is 0 Å². The zero-order chi connectivity index (χ0) is 15.7. The highest BCUT2D eigenvalue weighted by Gasteiger charge is 2.34. The fraction of sp³-hybridized carbons (Fsp3) is 0.467. The number of halogens is 3. The molecule has 0 spiro atoms. The predicted molar refractivity (Wildman–Crippen MR) is 81.0 cm³/mol. The molecule has 1 aliphatic heterocycles. The maximum atomic E-state index is 13.1. The fourth-order valence-electron chi connectivity index (χ4n) is 2.48. The van der Waals surface area contributed by atoms with Gasteiger partial charge < -0.3 is 4.90 Å². The Morgan fingerprint density at radius 1 is 1.23 bits per heavy atom. The summed E-state index contributed by atoms with van der Waals surface area (Å²) >= 11 is 1.37. The molecule has 0 N–H and O–H groups in total. The molecule has 1 saturated heterocycles. The molecule has 2 aromatic rings. The van der Waals surface area contributed by atoms with Crippen molar-refractivity contribution in [3.05, 3.63) is 29.3 Å². The Bertz CT molecular complexity index is 632. The first-order valence-corrected chi connectivity index (χ1v) is 8.06. The minimum atomic E-state index is -4.47. The summed E-state index contributed by atoms with van der Waals surface area (Å²) in [6.45, 7) is 3.56. The molecule has 22 heavy (non-hydrogen) atoms. The summed E-state index contributed by atoms with van der Waals surface area (Å²) in [6, 6.07) is 4.61. The van der Waals surface area contributed by atoms with Gasteiger partial charge in [-0.15, -0.1) is 11.3 Å². The summed E-state index contributed by atoms with van der Waals surface area (Å²) < 4.78 is 39.3. The van der Waals surface area contributed by atoms with Crippen molar-refractivity contribution < 1.29 is 13.2 Å². The van der Waals surface area contributed by atoms with Gasteiger partial charge in [0.2, 0.25) is 5.95 Å². The number of hydrogen-bond acceptors (Lipinski definition) is 4. The quantitative estimate of drug-likeness (QED) is 0.815. The first-order valence-electron chi connectivity index (χ1n) is 7.18. The molecule has 0 saturated carbocycles. The van der Waals surface area contributed by atoms with E-state index in [0.717, 1.165) is 23.8 Å². The van der Waals surface area contributed by atoms with Crippen LogP contribution >= 0.6 is 11.3 Å². The van der Waals surface area contributed by atoms with E-state index in [1.54, 1.807) is 12.1 Å². The third-order valence-corrected chi connectivity index (χ3v) is 4.74. The third-order valence-electron chi connectivity index (χ3n) is 3.84. The number of anilines is 1. The first-order chi connectivity index (χ1) is 10.4. The molecular formula is C15H16F3N3S. The van der Waals surface area contributed by atoms with Gasteiger partial charge in [0.15, 0.2) is 5.69 Å². The minimum Gasteiger partial charge on any atom is -0.341 e. The SMILES string of the molecule is CC1CCN(c2nc(-c3cccs3)cc(C(F)(F)F)n2)CC1. The lowest BCUT2D eigenvalue weighted by Gasteiger charge is -2.30. The van der Waals surface area contributed by atoms with Crippen molar-refractivity contribution in [1.29, 1.82) is 0 Å². The average molecular weight is 327 g/mol. The number of rotatable bonds is 2. The summed E-state index contributed by atoms with van der Waals surface area (Å²) in [7, 11) is 0. The predicted octanol–water partition coefficient (Wildman–Crippen LogP) is 4.46. The van der Waals surface area contributed by atoms with Gasteiger partial charge in [0.05, 0.1) is 10.6 Å². The van der Waals surface area contributed by atoms with Gasteiger partial charge in [-0.1, -0.05) is 13.0 Å². The van der Waals surface area contributed by atoms with Crippen molar-refractivity contribution in [3.8, 4) is 10.6 Å². The molecule has 3 heterocycles. The van der Waals surface area contributed by atoms with Crippen LogP contribution in [0.4, 0.5) is 19.1 Å². The molecule has 3 rings (SSSR count). The molecule has 0 radical (unpaired) electrons. The third kappa shape index (κ3) is 3.24. The molecule has 1 aliphatic rings. The Kier molecular flexibility index (Phi) is 4.08. The molecule has 118 valence electrons. The van der Waals surface area contributed by atoms with E-state index in [-0.39, 0.29) is 5.95 Å². The minimum absolute atomic E-state index is 0.185. The van der Waals surface area contributed by atoms with Crippen molar-refractivity contribution in [2.24, 2.45) is 5.92 Å². The Balaban J connectivity index is 2.00. The molecule has 0 atom stereocenters.